The van der Waals surface area contributed by atoms with E-state index in [0.717, 1.165) is 30.3 Å². The molecule has 2 heterocycles. The van der Waals surface area contributed by atoms with Crippen LogP contribution in [0.25, 0.3) is 10.9 Å². The Balaban J connectivity index is 2.46. The zero-order valence-corrected chi connectivity index (χ0v) is 9.26. The molecule has 0 fully saturated rings. The van der Waals surface area contributed by atoms with Crippen LogP contribution in [0.1, 0.15) is 17.5 Å². The van der Waals surface area contributed by atoms with Gasteiger partial charge in [-0.15, -0.1) is 0 Å². The summed E-state index contributed by atoms with van der Waals surface area (Å²) in [5.41, 5.74) is 2.60. The number of oxime groups is 1. The molecule has 1 aromatic heterocycles. The summed E-state index contributed by atoms with van der Waals surface area (Å²) in [5, 5.41) is 12.5. The van der Waals surface area contributed by atoms with Gasteiger partial charge in [-0.1, -0.05) is 23.4 Å². The fraction of sp³-hybridized carbons (Fsp3) is 0.231. The van der Waals surface area contributed by atoms with Crippen LogP contribution >= 0.6 is 0 Å². The molecule has 0 atom stereocenters. The molecular weight excluding hydrogens is 216 g/mol. The minimum Gasteiger partial charge on any atom is -0.411 e. The van der Waals surface area contributed by atoms with E-state index in [1.807, 2.05) is 12.1 Å². The van der Waals surface area contributed by atoms with E-state index in [1.165, 1.54) is 11.8 Å². The maximum Gasteiger partial charge on any atom is 0.260 e. The monoisotopic (exact) mass is 228 g/mol. The highest BCUT2D eigenvalue weighted by atomic mass is 16.4. The molecule has 17 heavy (non-hydrogen) atoms. The van der Waals surface area contributed by atoms with E-state index in [9.17, 15) is 4.79 Å². The Labute approximate surface area is 97.8 Å². The number of aryl methyl sites for hydroxylation is 2. The van der Waals surface area contributed by atoms with Crippen molar-refractivity contribution in [2.75, 3.05) is 0 Å². The normalized spacial score (nSPS) is 14.6. The molecule has 1 aromatic carbocycles. The van der Waals surface area contributed by atoms with Crippen molar-refractivity contribution in [1.82, 2.24) is 4.57 Å². The predicted octanol–water partition coefficient (Wildman–Crippen LogP) is 1.76. The van der Waals surface area contributed by atoms with Crippen LogP contribution in [-0.2, 0) is 13.0 Å². The molecule has 0 aliphatic carbocycles. The summed E-state index contributed by atoms with van der Waals surface area (Å²) in [5.74, 6) is 0. The van der Waals surface area contributed by atoms with Crippen molar-refractivity contribution in [2.45, 2.75) is 19.4 Å². The molecule has 86 valence electrons. The Kier molecular flexibility index (Phi) is 2.21. The summed E-state index contributed by atoms with van der Waals surface area (Å²) in [4.78, 5) is 12.2. The first-order chi connectivity index (χ1) is 8.31. The summed E-state index contributed by atoms with van der Waals surface area (Å²) < 4.78 is 1.78. The van der Waals surface area contributed by atoms with Crippen molar-refractivity contribution in [3.63, 3.8) is 0 Å². The lowest BCUT2D eigenvalue weighted by atomic mass is 10.0. The second-order valence-electron chi connectivity index (χ2n) is 4.26. The van der Waals surface area contributed by atoms with Crippen LogP contribution in [-0.4, -0.2) is 16.0 Å². The van der Waals surface area contributed by atoms with Gasteiger partial charge in [0.15, 0.2) is 0 Å². The summed E-state index contributed by atoms with van der Waals surface area (Å²) in [6.07, 6.45) is 3.20. The third-order valence-corrected chi connectivity index (χ3v) is 3.25. The summed E-state index contributed by atoms with van der Waals surface area (Å²) >= 11 is 0. The van der Waals surface area contributed by atoms with Crippen LogP contribution < -0.4 is 5.56 Å². The Bertz CT molecular complexity index is 671. The molecule has 0 bridgehead atoms. The number of hydrogen-bond donors (Lipinski definition) is 1. The largest absolute Gasteiger partial charge is 0.411 e. The zero-order chi connectivity index (χ0) is 11.8. The number of hydrogen-bond acceptors (Lipinski definition) is 3. The molecule has 0 saturated carbocycles. The van der Waals surface area contributed by atoms with E-state index < -0.39 is 0 Å². The van der Waals surface area contributed by atoms with Gasteiger partial charge in [-0.2, -0.15) is 0 Å². The minimum atomic E-state index is -0.0811. The van der Waals surface area contributed by atoms with E-state index in [1.54, 1.807) is 10.6 Å². The minimum absolute atomic E-state index is 0.0811. The van der Waals surface area contributed by atoms with Gasteiger partial charge in [-0.05, 0) is 29.9 Å². The highest BCUT2D eigenvalue weighted by Crippen LogP contribution is 2.23. The average molecular weight is 228 g/mol. The number of aromatic nitrogens is 1. The second-order valence-corrected chi connectivity index (χ2v) is 4.26. The van der Waals surface area contributed by atoms with Crippen molar-refractivity contribution in [3.8, 4) is 0 Å². The quantitative estimate of drug-likeness (QED) is 0.459. The van der Waals surface area contributed by atoms with Crippen molar-refractivity contribution in [1.29, 1.82) is 0 Å². The lowest BCUT2D eigenvalue weighted by molar-refractivity contribution is 0.322. The van der Waals surface area contributed by atoms with Gasteiger partial charge in [0.1, 0.15) is 0 Å². The number of nitrogens with zero attached hydrogens (tertiary/aromatic N) is 2. The third-order valence-electron chi connectivity index (χ3n) is 3.25. The summed E-state index contributed by atoms with van der Waals surface area (Å²) in [6, 6.07) is 7.83. The maximum atomic E-state index is 12.2. The van der Waals surface area contributed by atoms with E-state index in [4.69, 9.17) is 5.21 Å². The Morgan fingerprint density at radius 1 is 1.41 bits per heavy atom. The smallest absolute Gasteiger partial charge is 0.260 e. The lowest BCUT2D eigenvalue weighted by Crippen LogP contribution is -2.27. The summed E-state index contributed by atoms with van der Waals surface area (Å²) in [6.45, 7) is 0.736. The first-order valence-corrected chi connectivity index (χ1v) is 5.64. The van der Waals surface area contributed by atoms with E-state index >= 15 is 0 Å². The molecule has 1 aliphatic rings. The van der Waals surface area contributed by atoms with Gasteiger partial charge in [-0.3, -0.25) is 4.79 Å². The highest BCUT2D eigenvalue weighted by molar-refractivity contribution is 5.89. The van der Waals surface area contributed by atoms with Crippen LogP contribution in [0.5, 0.6) is 0 Å². The zero-order valence-electron chi connectivity index (χ0n) is 9.26. The van der Waals surface area contributed by atoms with Gasteiger partial charge >= 0.3 is 0 Å². The lowest BCUT2D eigenvalue weighted by Gasteiger charge is -2.19. The van der Waals surface area contributed by atoms with Gasteiger partial charge < -0.3 is 9.77 Å². The number of benzene rings is 1. The Morgan fingerprint density at radius 2 is 2.29 bits per heavy atom. The maximum absolute atomic E-state index is 12.2. The standard InChI is InChI=1S/C13H12N2O2/c16-13-11(8-14-17)7-10-4-1-3-9-5-2-6-15(13)12(9)10/h1,3-4,7-8,17H,2,5-6H2. The van der Waals surface area contributed by atoms with Crippen LogP contribution in [0.2, 0.25) is 0 Å². The number of rotatable bonds is 1. The second kappa shape index (κ2) is 3.73. The van der Waals surface area contributed by atoms with Crippen molar-refractivity contribution in [3.05, 3.63) is 45.7 Å². The van der Waals surface area contributed by atoms with Gasteiger partial charge in [0, 0.05) is 6.54 Å². The summed E-state index contributed by atoms with van der Waals surface area (Å²) in [7, 11) is 0. The molecule has 0 saturated heterocycles. The molecular formula is C13H12N2O2. The molecule has 0 amide bonds. The van der Waals surface area contributed by atoms with Crippen LogP contribution in [0.4, 0.5) is 0 Å². The molecule has 3 rings (SSSR count). The predicted molar refractivity (Wildman–Crippen MR) is 65.9 cm³/mol. The van der Waals surface area contributed by atoms with Gasteiger partial charge in [-0.25, -0.2) is 0 Å². The van der Waals surface area contributed by atoms with E-state index in [-0.39, 0.29) is 5.56 Å². The van der Waals surface area contributed by atoms with Crippen molar-refractivity contribution in [2.24, 2.45) is 5.16 Å². The van der Waals surface area contributed by atoms with Crippen LogP contribution in [0.3, 0.4) is 0 Å². The fourth-order valence-electron chi connectivity index (χ4n) is 2.54. The fourth-order valence-corrected chi connectivity index (χ4v) is 2.54. The van der Waals surface area contributed by atoms with Gasteiger partial charge in [0.2, 0.25) is 0 Å². The molecule has 0 radical (unpaired) electrons. The van der Waals surface area contributed by atoms with Crippen LogP contribution in [0, 0.1) is 0 Å². The van der Waals surface area contributed by atoms with Crippen molar-refractivity contribution >= 4 is 17.1 Å². The highest BCUT2D eigenvalue weighted by Gasteiger charge is 2.15. The molecule has 1 N–H and O–H groups in total. The van der Waals surface area contributed by atoms with Crippen LogP contribution in [0.15, 0.2) is 34.2 Å². The first kappa shape index (κ1) is 10.1. The SMILES string of the molecule is O=c1c(C=NO)cc2cccc3c2n1CCC3. The average Bonchev–Trinajstić information content (AvgIpc) is 2.36. The van der Waals surface area contributed by atoms with E-state index in [2.05, 4.69) is 11.2 Å². The molecule has 4 heteroatoms. The molecule has 4 nitrogen and oxygen atoms in total. The molecule has 2 aromatic rings. The Hall–Kier alpha value is -2.10. The Morgan fingerprint density at radius 3 is 3.12 bits per heavy atom. The van der Waals surface area contributed by atoms with Crippen molar-refractivity contribution < 1.29 is 5.21 Å². The van der Waals surface area contributed by atoms with E-state index in [0.29, 0.717) is 5.56 Å². The molecule has 0 spiro atoms. The topological polar surface area (TPSA) is 54.6 Å². The molecule has 1 aliphatic heterocycles. The number of pyridine rings is 1. The van der Waals surface area contributed by atoms with Gasteiger partial charge in [0.05, 0.1) is 17.3 Å². The third kappa shape index (κ3) is 1.45. The number of para-hydroxylation sites is 1. The first-order valence-electron chi connectivity index (χ1n) is 5.64. The van der Waals surface area contributed by atoms with Gasteiger partial charge in [0.25, 0.3) is 5.56 Å². The molecule has 0 unspecified atom stereocenters.